The van der Waals surface area contributed by atoms with E-state index in [1.54, 1.807) is 22.3 Å². The largest absolute Gasteiger partial charge is 0.371 e. The van der Waals surface area contributed by atoms with Gasteiger partial charge in [0.1, 0.15) is 0 Å². The SMILES string of the molecule is c1ccc(N2c3cccc4c3B(c3cc5c6c(c32)CCCN6CCC5)c2cc3c5c(c2N4c2ccccc2-c2cc4c6ccccc6n6c7ccccc7c(c2)c46)CCCN5CCC3)c(-c2cc3c4ccccc4n4c5ccccc5c(c2)c34)c1. The number of aromatic nitrogens is 2. The molecule has 0 unspecified atom stereocenters. The van der Waals surface area contributed by atoms with Gasteiger partial charge < -0.3 is 28.4 Å². The maximum atomic E-state index is 2.79. The minimum Gasteiger partial charge on any atom is -0.371 e. The molecule has 7 heteroatoms. The zero-order chi connectivity index (χ0) is 54.9. The Bertz CT molecular complexity index is 4950. The molecule has 6 nitrogen and oxygen atoms in total. The molecule has 0 atom stereocenters. The smallest absolute Gasteiger partial charge is 0.252 e. The summed E-state index contributed by atoms with van der Waals surface area (Å²) in [6.07, 6.45) is 9.09. The third kappa shape index (κ3) is 5.82. The minimum absolute atomic E-state index is 0.0418. The van der Waals surface area contributed by atoms with Crippen molar-refractivity contribution in [2.45, 2.75) is 51.4 Å². The fourth-order valence-electron chi connectivity index (χ4n) is 18.2. The summed E-state index contributed by atoms with van der Waals surface area (Å²) in [7, 11) is 0. The number of fused-ring (bicyclic) bond motifs is 18. The van der Waals surface area contributed by atoms with Crippen LogP contribution in [0.1, 0.15) is 47.9 Å². The lowest BCUT2D eigenvalue weighted by molar-refractivity contribution is 0.634. The normalized spacial score (nSPS) is 16.0. The van der Waals surface area contributed by atoms with E-state index in [0.717, 1.165) is 64.7 Å². The molecule has 21 rings (SSSR count). The molecule has 6 aliphatic heterocycles. The average molecular weight is 1090 g/mol. The van der Waals surface area contributed by atoms with Gasteiger partial charge in [0.15, 0.2) is 0 Å². The fourth-order valence-corrected chi connectivity index (χ4v) is 18.2. The van der Waals surface area contributed by atoms with E-state index >= 15 is 0 Å². The molecule has 4 aromatic heterocycles. The molecule has 0 saturated carbocycles. The van der Waals surface area contributed by atoms with Gasteiger partial charge in [-0.15, -0.1) is 0 Å². The lowest BCUT2D eigenvalue weighted by Gasteiger charge is -2.49. The average Bonchev–Trinajstić information content (AvgIpc) is 1.09. The number of aryl methyl sites for hydroxylation is 2. The molecule has 0 fully saturated rings. The Balaban J connectivity index is 0.861. The van der Waals surface area contributed by atoms with Gasteiger partial charge in [0.05, 0.1) is 44.5 Å². The van der Waals surface area contributed by atoms with Gasteiger partial charge in [0.25, 0.3) is 6.71 Å². The highest BCUT2D eigenvalue weighted by molar-refractivity contribution is 7.00. The summed E-state index contributed by atoms with van der Waals surface area (Å²) in [5.41, 5.74) is 34.2. The van der Waals surface area contributed by atoms with Crippen molar-refractivity contribution < 1.29 is 0 Å². The first kappa shape index (κ1) is 45.8. The highest BCUT2D eigenvalue weighted by Crippen LogP contribution is 2.55. The van der Waals surface area contributed by atoms with Crippen molar-refractivity contribution >= 4 is 145 Å². The molecule has 15 aromatic rings. The first-order chi connectivity index (χ1) is 42.2. The Morgan fingerprint density at radius 1 is 0.306 bits per heavy atom. The Hall–Kier alpha value is -9.72. The zero-order valence-electron chi connectivity index (χ0n) is 47.3. The predicted molar refractivity (Wildman–Crippen MR) is 358 cm³/mol. The van der Waals surface area contributed by atoms with Crippen molar-refractivity contribution in [1.82, 2.24) is 8.80 Å². The van der Waals surface area contributed by atoms with E-state index in [-0.39, 0.29) is 6.71 Å². The van der Waals surface area contributed by atoms with E-state index in [4.69, 9.17) is 0 Å². The second-order valence-corrected chi connectivity index (χ2v) is 25.4. The molecule has 10 heterocycles. The fraction of sp³-hybridized carbons (Fsp3) is 0.154. The molecule has 11 aromatic carbocycles. The lowest BCUT2D eigenvalue weighted by Crippen LogP contribution is -2.62. The van der Waals surface area contributed by atoms with Crippen molar-refractivity contribution in [1.29, 1.82) is 0 Å². The van der Waals surface area contributed by atoms with Crippen LogP contribution in [0.3, 0.4) is 0 Å². The summed E-state index contributed by atoms with van der Waals surface area (Å²) in [6, 6.07) is 77.9. The summed E-state index contributed by atoms with van der Waals surface area (Å²) >= 11 is 0. The van der Waals surface area contributed by atoms with Gasteiger partial charge in [0, 0.05) is 115 Å². The third-order valence-electron chi connectivity index (χ3n) is 21.3. The number of rotatable bonds is 4. The van der Waals surface area contributed by atoms with Crippen LogP contribution in [-0.4, -0.2) is 41.7 Å². The van der Waals surface area contributed by atoms with Gasteiger partial charge in [-0.05, 0) is 174 Å². The summed E-state index contributed by atoms with van der Waals surface area (Å²) < 4.78 is 5.02. The van der Waals surface area contributed by atoms with Crippen LogP contribution in [0.15, 0.2) is 200 Å². The summed E-state index contributed by atoms with van der Waals surface area (Å²) in [5.74, 6) is 0. The number of hydrogen-bond acceptors (Lipinski definition) is 4. The summed E-state index contributed by atoms with van der Waals surface area (Å²) in [6.45, 7) is 4.56. The van der Waals surface area contributed by atoms with Crippen molar-refractivity contribution in [2.24, 2.45) is 0 Å². The van der Waals surface area contributed by atoms with Crippen molar-refractivity contribution in [3.63, 3.8) is 0 Å². The topological polar surface area (TPSA) is 21.8 Å². The first-order valence-corrected chi connectivity index (χ1v) is 31.3. The molecule has 0 radical (unpaired) electrons. The minimum atomic E-state index is 0.0418. The highest BCUT2D eigenvalue weighted by atomic mass is 15.2. The van der Waals surface area contributed by atoms with E-state index in [0.29, 0.717) is 0 Å². The zero-order valence-corrected chi connectivity index (χ0v) is 47.3. The van der Waals surface area contributed by atoms with E-state index in [1.165, 1.54) is 173 Å². The number of nitrogens with zero attached hydrogens (tertiary/aromatic N) is 6. The van der Waals surface area contributed by atoms with Gasteiger partial charge in [-0.2, -0.15) is 0 Å². The van der Waals surface area contributed by atoms with Crippen LogP contribution in [0.25, 0.3) is 98.4 Å². The van der Waals surface area contributed by atoms with Crippen LogP contribution < -0.4 is 36.0 Å². The molecular weight excluding hydrogens is 1030 g/mol. The van der Waals surface area contributed by atoms with Crippen LogP contribution in [0, 0.1) is 0 Å². The predicted octanol–water partition coefficient (Wildman–Crippen LogP) is 16.8. The second kappa shape index (κ2) is 16.5. The van der Waals surface area contributed by atoms with Gasteiger partial charge in [-0.25, -0.2) is 0 Å². The molecule has 0 bridgehead atoms. The number of anilines is 8. The van der Waals surface area contributed by atoms with Crippen LogP contribution in [-0.2, 0) is 25.7 Å². The van der Waals surface area contributed by atoms with E-state index < -0.39 is 0 Å². The van der Waals surface area contributed by atoms with Gasteiger partial charge >= 0.3 is 0 Å². The van der Waals surface area contributed by atoms with Crippen molar-refractivity contribution in [2.75, 3.05) is 45.8 Å². The van der Waals surface area contributed by atoms with Gasteiger partial charge in [-0.1, -0.05) is 127 Å². The quantitative estimate of drug-likeness (QED) is 0.164. The molecule has 0 spiro atoms. The molecule has 6 aliphatic rings. The van der Waals surface area contributed by atoms with Crippen LogP contribution >= 0.6 is 0 Å². The highest BCUT2D eigenvalue weighted by Gasteiger charge is 2.48. The Labute approximate surface area is 492 Å². The maximum Gasteiger partial charge on any atom is 0.252 e. The molecule has 85 heavy (non-hydrogen) atoms. The monoisotopic (exact) mass is 1090 g/mol. The molecule has 402 valence electrons. The lowest BCUT2D eigenvalue weighted by atomic mass is 9.32. The van der Waals surface area contributed by atoms with Crippen LogP contribution in [0.5, 0.6) is 0 Å². The summed E-state index contributed by atoms with van der Waals surface area (Å²) in [5, 5.41) is 10.4. The molecule has 0 aliphatic carbocycles. The van der Waals surface area contributed by atoms with E-state index in [1.807, 2.05) is 0 Å². The van der Waals surface area contributed by atoms with E-state index in [2.05, 4.69) is 229 Å². The maximum absolute atomic E-state index is 2.79. The Kier molecular flexibility index (Phi) is 8.91. The van der Waals surface area contributed by atoms with Crippen molar-refractivity contribution in [3.05, 3.63) is 222 Å². The first-order valence-electron chi connectivity index (χ1n) is 31.3. The Morgan fingerprint density at radius 2 is 0.659 bits per heavy atom. The van der Waals surface area contributed by atoms with Crippen molar-refractivity contribution in [3.8, 4) is 22.3 Å². The summed E-state index contributed by atoms with van der Waals surface area (Å²) in [4.78, 5) is 11.1. The number of para-hydroxylation sites is 6. The molecular formula is C78H57BN6. The van der Waals surface area contributed by atoms with Gasteiger partial charge in [-0.3, -0.25) is 0 Å². The third-order valence-corrected chi connectivity index (χ3v) is 21.3. The molecule has 0 saturated heterocycles. The van der Waals surface area contributed by atoms with Crippen LogP contribution in [0.2, 0.25) is 0 Å². The standard InChI is InChI=1S/C78H57BN6/c1-7-28-64(50(20-1)48-40-58-52-22-3-9-30-66(52)82-67-31-10-4-23-53(67)59(41-48)75(58)82)84-70-34-13-35-71-72(70)79(62-44-46-18-14-36-80-38-16-26-56(73(46)80)77(62)84)63-45-47-19-15-37-81-39-17-27-57(74(47)81)78(63)85(71)65-29-8-2-21-51(65)49-42-60-54-24-5-11-32-68(54)83-69-33-12-6-25-55(69)61(43-49)76(60)83/h1-13,20-25,28-35,40-45H,14-19,26-27,36-39H2. The second-order valence-electron chi connectivity index (χ2n) is 25.4. The number of hydrogen-bond donors (Lipinski definition) is 0. The molecule has 0 N–H and O–H groups in total. The Morgan fingerprint density at radius 3 is 1.07 bits per heavy atom. The van der Waals surface area contributed by atoms with Crippen LogP contribution in [0.4, 0.5) is 45.5 Å². The molecule has 0 amide bonds. The number of benzene rings is 11. The van der Waals surface area contributed by atoms with Gasteiger partial charge in [0.2, 0.25) is 0 Å². The van der Waals surface area contributed by atoms with E-state index in [9.17, 15) is 0 Å².